The van der Waals surface area contributed by atoms with Crippen LogP contribution >= 0.6 is 11.6 Å². The van der Waals surface area contributed by atoms with Crippen molar-refractivity contribution < 1.29 is 45.7 Å². The van der Waals surface area contributed by atoms with E-state index in [4.69, 9.17) is 26.8 Å². The average Bonchev–Trinajstić information content (AvgIpc) is 3.72. The molecule has 0 bridgehead atoms. The van der Waals surface area contributed by atoms with Crippen LogP contribution in [0.2, 0.25) is 0 Å². The zero-order valence-electron chi connectivity index (χ0n) is 37.7. The monoisotopic (exact) mass is 949 g/mol. The second kappa shape index (κ2) is 19.7. The number of aliphatic hydroxyl groups excluding tert-OH is 1. The lowest BCUT2D eigenvalue weighted by Crippen LogP contribution is -2.42. The quantitative estimate of drug-likeness (QED) is 0.0579. The standard InChI is InChI=1S/C49H58ClF2N5O8S/c1-47(2)34-17-7-9-19-36(34)55(27-11-5-6-21-42(58)64-31-38-44(59)49(51,52)45(65-38)57-29-26-41(53)54-46(57)60)39(47)24-22-32-15-14-16-33(43(32)50)23-25-40-48(3,4)35-18-8-10-20-37(35)56(40)28-12-13-30-66(61,62)63/h7-10,17-20,22-26,29,38,44-45,59H,5-6,11-16,21,27-28,30-31H2,1-4H3,(H2-,53,54,60,61,62,63). The molecule has 1 aliphatic carbocycles. The van der Waals surface area contributed by atoms with Gasteiger partial charge in [0.2, 0.25) is 11.9 Å². The third-order valence-corrected chi connectivity index (χ3v) is 14.4. The SMILES string of the molecule is CC1(C)C(/C=C/C2=C(Cl)C(=C/C=C3/N(CCCCS(=O)(=O)[O-])c4ccccc4C3(C)C)/CCC2)=[N+](CCCCCC(=O)OCC2OC(n3ccc(N)nc3=O)C(F)(F)C2O)c2ccccc21. The maximum Gasteiger partial charge on any atom is 0.351 e. The number of anilines is 2. The molecule has 4 aliphatic rings. The normalized spacial score (nSPS) is 23.3. The molecule has 0 saturated carbocycles. The number of aliphatic hydroxyl groups is 1. The highest BCUT2D eigenvalue weighted by molar-refractivity contribution is 7.85. The molecule has 66 heavy (non-hydrogen) atoms. The van der Waals surface area contributed by atoms with Gasteiger partial charge in [0, 0.05) is 70.9 Å². The Morgan fingerprint density at radius 3 is 2.47 bits per heavy atom. The van der Waals surface area contributed by atoms with E-state index < -0.39 is 52.7 Å². The first kappa shape index (κ1) is 48.9. The molecule has 3 atom stereocenters. The summed E-state index contributed by atoms with van der Waals surface area (Å²) in [5, 5.41) is 11.0. The van der Waals surface area contributed by atoms with Crippen LogP contribution in [0.25, 0.3) is 0 Å². The number of alkyl halides is 2. The van der Waals surface area contributed by atoms with Crippen LogP contribution in [0, 0.1) is 0 Å². The first-order valence-electron chi connectivity index (χ1n) is 22.5. The number of rotatable bonds is 17. The van der Waals surface area contributed by atoms with Gasteiger partial charge in [-0.1, -0.05) is 74.0 Å². The molecular formula is C49H58ClF2N5O8S. The van der Waals surface area contributed by atoms with Gasteiger partial charge in [0.05, 0.1) is 15.5 Å². The average molecular weight is 951 g/mol. The number of esters is 1. The molecule has 3 aromatic rings. The molecule has 0 spiro atoms. The fourth-order valence-corrected chi connectivity index (χ4v) is 10.4. The van der Waals surface area contributed by atoms with Crippen LogP contribution in [0.15, 0.2) is 112 Å². The molecule has 17 heteroatoms. The Bertz CT molecular complexity index is 2670. The van der Waals surface area contributed by atoms with Gasteiger partial charge in [-0.2, -0.15) is 18.3 Å². The van der Waals surface area contributed by atoms with Gasteiger partial charge in [0.15, 0.2) is 11.8 Å². The van der Waals surface area contributed by atoms with Crippen molar-refractivity contribution in [1.82, 2.24) is 9.55 Å². The third-order valence-electron chi connectivity index (χ3n) is 13.1. The summed E-state index contributed by atoms with van der Waals surface area (Å²) >= 11 is 7.22. The highest BCUT2D eigenvalue weighted by atomic mass is 35.5. The van der Waals surface area contributed by atoms with Crippen LogP contribution in [0.5, 0.6) is 0 Å². The summed E-state index contributed by atoms with van der Waals surface area (Å²) in [6.07, 6.45) is 8.91. The maximum absolute atomic E-state index is 14.9. The van der Waals surface area contributed by atoms with E-state index in [-0.39, 0.29) is 35.2 Å². The molecule has 4 heterocycles. The van der Waals surface area contributed by atoms with Crippen molar-refractivity contribution >= 4 is 50.6 Å². The highest BCUT2D eigenvalue weighted by Gasteiger charge is 2.60. The molecule has 1 fully saturated rings. The van der Waals surface area contributed by atoms with E-state index >= 15 is 0 Å². The van der Waals surface area contributed by atoms with Crippen LogP contribution < -0.4 is 16.3 Å². The molecule has 1 aromatic heterocycles. The molecule has 13 nitrogen and oxygen atoms in total. The number of para-hydroxylation sites is 2. The van der Waals surface area contributed by atoms with Crippen molar-refractivity contribution in [2.75, 3.05) is 36.1 Å². The lowest BCUT2D eigenvalue weighted by Gasteiger charge is -2.27. The number of carbonyl (C=O) groups is 1. The predicted octanol–water partition coefficient (Wildman–Crippen LogP) is 8.07. The van der Waals surface area contributed by atoms with E-state index in [1.165, 1.54) is 11.1 Å². The summed E-state index contributed by atoms with van der Waals surface area (Å²) in [5.41, 5.74) is 12.6. The second-order valence-electron chi connectivity index (χ2n) is 18.4. The van der Waals surface area contributed by atoms with Crippen LogP contribution in [0.1, 0.15) is 103 Å². The Labute approximate surface area is 389 Å². The summed E-state index contributed by atoms with van der Waals surface area (Å²) in [4.78, 5) is 30.6. The number of ether oxygens (including phenoxy) is 2. The van der Waals surface area contributed by atoms with Gasteiger partial charge >= 0.3 is 17.6 Å². The van der Waals surface area contributed by atoms with E-state index in [0.29, 0.717) is 36.9 Å². The van der Waals surface area contributed by atoms with E-state index in [0.717, 1.165) is 76.9 Å². The summed E-state index contributed by atoms with van der Waals surface area (Å²) in [7, 11) is -4.28. The molecule has 1 saturated heterocycles. The van der Waals surface area contributed by atoms with E-state index in [1.54, 1.807) is 0 Å². The minimum Gasteiger partial charge on any atom is -0.748 e. The Morgan fingerprint density at radius 1 is 1.00 bits per heavy atom. The van der Waals surface area contributed by atoms with E-state index in [9.17, 15) is 36.4 Å². The second-order valence-corrected chi connectivity index (χ2v) is 20.3. The third kappa shape index (κ3) is 10.3. The fraction of sp³-hybridized carbons (Fsp3) is 0.469. The molecule has 2 aromatic carbocycles. The number of fused-ring (bicyclic) bond motifs is 2. The topological polar surface area (TPSA) is 180 Å². The van der Waals surface area contributed by atoms with Crippen LogP contribution in [0.3, 0.4) is 0 Å². The molecule has 0 radical (unpaired) electrons. The van der Waals surface area contributed by atoms with E-state index in [2.05, 4.69) is 90.7 Å². The van der Waals surface area contributed by atoms with Crippen molar-refractivity contribution in [2.24, 2.45) is 0 Å². The molecular weight excluding hydrogens is 892 g/mol. The van der Waals surface area contributed by atoms with Gasteiger partial charge in [-0.3, -0.25) is 9.36 Å². The number of carbonyl (C=O) groups excluding carboxylic acids is 1. The minimum absolute atomic E-state index is 0.0408. The lowest BCUT2D eigenvalue weighted by atomic mass is 9.81. The van der Waals surface area contributed by atoms with Crippen LogP contribution in [-0.4, -0.2) is 87.5 Å². The Kier molecular flexibility index (Phi) is 14.6. The highest BCUT2D eigenvalue weighted by Crippen LogP contribution is 2.48. The first-order valence-corrected chi connectivity index (χ1v) is 24.4. The van der Waals surface area contributed by atoms with Gasteiger partial charge in [-0.15, -0.1) is 0 Å². The van der Waals surface area contributed by atoms with Gasteiger partial charge in [0.1, 0.15) is 25.1 Å². The number of benzene rings is 2. The zero-order valence-corrected chi connectivity index (χ0v) is 39.3. The number of aromatic nitrogens is 2. The van der Waals surface area contributed by atoms with Crippen LogP contribution in [0.4, 0.5) is 26.0 Å². The van der Waals surface area contributed by atoms with Gasteiger partial charge < -0.3 is 29.8 Å². The van der Waals surface area contributed by atoms with Gasteiger partial charge in [0.25, 0.3) is 0 Å². The Morgan fingerprint density at radius 2 is 1.73 bits per heavy atom. The maximum atomic E-state index is 14.9. The molecule has 354 valence electrons. The Hall–Kier alpha value is -5.00. The smallest absolute Gasteiger partial charge is 0.351 e. The predicted molar refractivity (Wildman–Crippen MR) is 249 cm³/mol. The van der Waals surface area contributed by atoms with Crippen molar-refractivity contribution in [1.29, 1.82) is 0 Å². The number of hydrogen-bond donors (Lipinski definition) is 2. The van der Waals surface area contributed by atoms with Gasteiger partial charge in [-0.25, -0.2) is 13.2 Å². The number of nitrogens with zero attached hydrogens (tertiary/aromatic N) is 4. The molecule has 3 aliphatic heterocycles. The number of nitrogens with two attached hydrogens (primary N) is 1. The number of halogens is 3. The molecule has 7 rings (SSSR count). The molecule has 3 N–H and O–H groups in total. The number of allylic oxidation sites excluding steroid dienone is 8. The summed E-state index contributed by atoms with van der Waals surface area (Å²) < 4.78 is 77.1. The zero-order chi connectivity index (χ0) is 47.6. The summed E-state index contributed by atoms with van der Waals surface area (Å²) in [6.45, 7) is 9.42. The van der Waals surface area contributed by atoms with Crippen molar-refractivity contribution in [3.63, 3.8) is 0 Å². The fourth-order valence-electron chi connectivity index (χ4n) is 9.55. The first-order chi connectivity index (χ1) is 31.2. The largest absolute Gasteiger partial charge is 0.748 e. The summed E-state index contributed by atoms with van der Waals surface area (Å²) in [5.74, 6) is -5.00. The number of hydrogen-bond acceptors (Lipinski definition) is 11. The Balaban J connectivity index is 1.00. The van der Waals surface area contributed by atoms with Crippen molar-refractivity contribution in [2.45, 2.75) is 121 Å². The van der Waals surface area contributed by atoms with Crippen molar-refractivity contribution in [3.05, 3.63) is 129 Å². The minimum atomic E-state index is -4.28. The van der Waals surface area contributed by atoms with Crippen LogP contribution in [-0.2, 0) is 35.2 Å². The number of nitrogen functional groups attached to an aromatic ring is 1. The van der Waals surface area contributed by atoms with Gasteiger partial charge in [-0.05, 0) is 93.7 Å². The lowest BCUT2D eigenvalue weighted by molar-refractivity contribution is -0.438. The van der Waals surface area contributed by atoms with E-state index in [1.807, 2.05) is 24.3 Å². The molecule has 3 unspecified atom stereocenters. The summed E-state index contributed by atoms with van der Waals surface area (Å²) in [6, 6.07) is 17.7. The molecule has 0 amide bonds. The number of unbranched alkanes of at least 4 members (excludes halogenated alkanes) is 3. The van der Waals surface area contributed by atoms with Crippen molar-refractivity contribution in [3.8, 4) is 0 Å².